The lowest BCUT2D eigenvalue weighted by Crippen LogP contribution is -2.07. The van der Waals surface area contributed by atoms with Gasteiger partial charge in [0.1, 0.15) is 0 Å². The molecule has 1 aliphatic rings. The molecule has 4 rings (SSSR count). The maximum atomic E-state index is 13.5. The molecule has 1 aromatic carbocycles. The lowest BCUT2D eigenvalue weighted by Gasteiger charge is -2.10. The lowest BCUT2D eigenvalue weighted by molar-refractivity contribution is -0.136. The Balaban J connectivity index is 1.96. The Labute approximate surface area is 137 Å². The van der Waals surface area contributed by atoms with Crippen LogP contribution >= 0.6 is 15.9 Å². The molecule has 118 valence electrons. The first-order valence-electron chi connectivity index (χ1n) is 7.07. The van der Waals surface area contributed by atoms with Gasteiger partial charge < -0.3 is 4.52 Å². The van der Waals surface area contributed by atoms with Crippen molar-refractivity contribution in [2.45, 2.75) is 24.9 Å². The first kappa shape index (κ1) is 14.7. The van der Waals surface area contributed by atoms with Gasteiger partial charge in [-0.05, 0) is 31.0 Å². The largest absolute Gasteiger partial charge is 0.417 e. The topological polar surface area (TPSA) is 38.9 Å². The van der Waals surface area contributed by atoms with Crippen molar-refractivity contribution in [1.82, 2.24) is 10.1 Å². The van der Waals surface area contributed by atoms with Crippen molar-refractivity contribution in [2.24, 2.45) is 0 Å². The van der Waals surface area contributed by atoms with Gasteiger partial charge >= 0.3 is 6.18 Å². The molecule has 0 N–H and O–H groups in total. The molecule has 1 fully saturated rings. The van der Waals surface area contributed by atoms with Crippen LogP contribution in [0.5, 0.6) is 0 Å². The molecule has 0 amide bonds. The highest BCUT2D eigenvalue weighted by Gasteiger charge is 2.39. The third kappa shape index (κ3) is 2.63. The number of alkyl halides is 3. The number of pyridine rings is 1. The second-order valence-electron chi connectivity index (χ2n) is 5.58. The van der Waals surface area contributed by atoms with Gasteiger partial charge in [0.2, 0.25) is 0 Å². The summed E-state index contributed by atoms with van der Waals surface area (Å²) < 4.78 is 46.5. The van der Waals surface area contributed by atoms with E-state index in [-0.39, 0.29) is 22.7 Å². The van der Waals surface area contributed by atoms with Gasteiger partial charge in [-0.25, -0.2) is 4.98 Å². The van der Waals surface area contributed by atoms with Gasteiger partial charge in [0.15, 0.2) is 0 Å². The van der Waals surface area contributed by atoms with E-state index in [4.69, 9.17) is 4.52 Å². The SMILES string of the molecule is FC(F)(F)c1cc(-c2ccc(Br)cc2)nc2onc(C3CC3)c12. The van der Waals surface area contributed by atoms with E-state index in [1.165, 1.54) is 0 Å². The summed E-state index contributed by atoms with van der Waals surface area (Å²) >= 11 is 3.30. The molecule has 2 heterocycles. The average molecular weight is 383 g/mol. The minimum atomic E-state index is -4.49. The molecule has 0 unspecified atom stereocenters. The normalized spacial score (nSPS) is 15.3. The van der Waals surface area contributed by atoms with Crippen LogP contribution in [0.4, 0.5) is 13.2 Å². The molecule has 0 spiro atoms. The minimum Gasteiger partial charge on any atom is -0.335 e. The summed E-state index contributed by atoms with van der Waals surface area (Å²) in [6.45, 7) is 0. The minimum absolute atomic E-state index is 0.000798. The van der Waals surface area contributed by atoms with Crippen molar-refractivity contribution < 1.29 is 17.7 Å². The highest BCUT2D eigenvalue weighted by molar-refractivity contribution is 9.10. The average Bonchev–Trinajstić information content (AvgIpc) is 3.25. The van der Waals surface area contributed by atoms with Crippen LogP contribution in [0.25, 0.3) is 22.4 Å². The van der Waals surface area contributed by atoms with Crippen LogP contribution in [-0.4, -0.2) is 10.1 Å². The first-order valence-corrected chi connectivity index (χ1v) is 7.86. The molecular formula is C16H10BrF3N2O. The zero-order valence-electron chi connectivity index (χ0n) is 11.7. The van der Waals surface area contributed by atoms with Crippen LogP contribution < -0.4 is 0 Å². The van der Waals surface area contributed by atoms with Crippen molar-refractivity contribution >= 4 is 27.0 Å². The number of aromatic nitrogens is 2. The molecule has 1 saturated carbocycles. The van der Waals surface area contributed by atoms with E-state index in [0.717, 1.165) is 23.4 Å². The summed E-state index contributed by atoms with van der Waals surface area (Å²) in [6.07, 6.45) is -2.80. The number of fused-ring (bicyclic) bond motifs is 1. The molecular weight excluding hydrogens is 373 g/mol. The van der Waals surface area contributed by atoms with Crippen LogP contribution in [0.3, 0.4) is 0 Å². The van der Waals surface area contributed by atoms with Gasteiger partial charge in [-0.15, -0.1) is 0 Å². The molecule has 3 aromatic rings. The quantitative estimate of drug-likeness (QED) is 0.583. The number of hydrogen-bond acceptors (Lipinski definition) is 3. The number of benzene rings is 1. The molecule has 0 saturated heterocycles. The Morgan fingerprint density at radius 3 is 2.43 bits per heavy atom. The van der Waals surface area contributed by atoms with E-state index in [9.17, 15) is 13.2 Å². The van der Waals surface area contributed by atoms with Crippen LogP contribution in [-0.2, 0) is 6.18 Å². The Morgan fingerprint density at radius 1 is 1.13 bits per heavy atom. The predicted octanol–water partition coefficient (Wildman–Crippen LogP) is 5.55. The first-order chi connectivity index (χ1) is 10.9. The molecule has 0 radical (unpaired) electrons. The summed E-state index contributed by atoms with van der Waals surface area (Å²) in [4.78, 5) is 4.24. The van der Waals surface area contributed by atoms with E-state index in [0.29, 0.717) is 11.3 Å². The maximum Gasteiger partial charge on any atom is 0.417 e. The van der Waals surface area contributed by atoms with Crippen molar-refractivity contribution in [3.63, 3.8) is 0 Å². The number of nitrogens with zero attached hydrogens (tertiary/aromatic N) is 2. The smallest absolute Gasteiger partial charge is 0.335 e. The summed E-state index contributed by atoms with van der Waals surface area (Å²) in [5.41, 5.74) is 0.395. The summed E-state index contributed by atoms with van der Waals surface area (Å²) in [5, 5.41) is 3.84. The summed E-state index contributed by atoms with van der Waals surface area (Å²) in [6, 6.07) is 8.00. The van der Waals surface area contributed by atoms with Gasteiger partial charge in [0.05, 0.1) is 22.3 Å². The Bertz CT molecular complexity index is 883. The van der Waals surface area contributed by atoms with Gasteiger partial charge in [-0.2, -0.15) is 13.2 Å². The van der Waals surface area contributed by atoms with Crippen LogP contribution in [0.2, 0.25) is 0 Å². The molecule has 2 aromatic heterocycles. The summed E-state index contributed by atoms with van der Waals surface area (Å²) in [5.74, 6) is 0.0534. The zero-order chi connectivity index (χ0) is 16.2. The highest BCUT2D eigenvalue weighted by Crippen LogP contribution is 2.46. The van der Waals surface area contributed by atoms with Crippen molar-refractivity contribution in [1.29, 1.82) is 0 Å². The summed E-state index contributed by atoms with van der Waals surface area (Å²) in [7, 11) is 0. The van der Waals surface area contributed by atoms with E-state index >= 15 is 0 Å². The molecule has 0 aliphatic heterocycles. The molecule has 0 atom stereocenters. The monoisotopic (exact) mass is 382 g/mol. The second kappa shape index (κ2) is 5.06. The van der Waals surface area contributed by atoms with Gasteiger partial charge in [0.25, 0.3) is 5.71 Å². The maximum absolute atomic E-state index is 13.5. The van der Waals surface area contributed by atoms with Crippen molar-refractivity contribution in [3.05, 3.63) is 46.1 Å². The number of rotatable bonds is 2. The van der Waals surface area contributed by atoms with Gasteiger partial charge in [-0.3, -0.25) is 0 Å². The predicted molar refractivity (Wildman–Crippen MR) is 81.9 cm³/mol. The molecule has 23 heavy (non-hydrogen) atoms. The Morgan fingerprint density at radius 2 is 1.83 bits per heavy atom. The van der Waals surface area contributed by atoms with E-state index < -0.39 is 11.7 Å². The third-order valence-corrected chi connectivity index (χ3v) is 4.41. The Hall–Kier alpha value is -1.89. The van der Waals surface area contributed by atoms with E-state index in [1.54, 1.807) is 24.3 Å². The van der Waals surface area contributed by atoms with Crippen LogP contribution in [0.1, 0.15) is 30.0 Å². The fourth-order valence-corrected chi connectivity index (χ4v) is 2.87. The molecule has 0 bridgehead atoms. The second-order valence-corrected chi connectivity index (χ2v) is 6.50. The highest BCUT2D eigenvalue weighted by atomic mass is 79.9. The van der Waals surface area contributed by atoms with Gasteiger partial charge in [0, 0.05) is 16.0 Å². The van der Waals surface area contributed by atoms with E-state index in [1.807, 2.05) is 0 Å². The van der Waals surface area contributed by atoms with Gasteiger partial charge in [-0.1, -0.05) is 33.2 Å². The van der Waals surface area contributed by atoms with Crippen molar-refractivity contribution in [2.75, 3.05) is 0 Å². The molecule has 7 heteroatoms. The van der Waals surface area contributed by atoms with Crippen molar-refractivity contribution in [3.8, 4) is 11.3 Å². The number of halogens is 4. The van der Waals surface area contributed by atoms with Crippen LogP contribution in [0.15, 0.2) is 39.3 Å². The zero-order valence-corrected chi connectivity index (χ0v) is 13.3. The lowest BCUT2D eigenvalue weighted by atomic mass is 10.0. The number of hydrogen-bond donors (Lipinski definition) is 0. The Kier molecular flexibility index (Phi) is 3.23. The third-order valence-electron chi connectivity index (χ3n) is 3.88. The standard InChI is InChI=1S/C16H10BrF3N2O/c17-10-5-3-8(4-6-10)12-7-11(16(18,19)20)13-14(9-1-2-9)22-23-15(13)21-12/h3-7,9H,1-2H2. The molecule has 3 nitrogen and oxygen atoms in total. The van der Waals surface area contributed by atoms with Crippen LogP contribution in [0, 0.1) is 0 Å². The van der Waals surface area contributed by atoms with E-state index in [2.05, 4.69) is 26.1 Å². The fourth-order valence-electron chi connectivity index (χ4n) is 2.60. The fraction of sp³-hybridized carbons (Fsp3) is 0.250. The molecule has 1 aliphatic carbocycles.